The van der Waals surface area contributed by atoms with Crippen LogP contribution in [0.25, 0.3) is 5.65 Å². The molecule has 164 valence electrons. The average molecular weight is 430 g/mol. The van der Waals surface area contributed by atoms with Gasteiger partial charge >= 0.3 is 0 Å². The largest absolute Gasteiger partial charge is 0.493 e. The van der Waals surface area contributed by atoms with Crippen LogP contribution in [-0.4, -0.2) is 50.7 Å². The Labute approximate surface area is 178 Å². The number of imidazole rings is 1. The molecule has 0 bridgehead atoms. The first kappa shape index (κ1) is 20.1. The first-order chi connectivity index (χ1) is 14.9. The third-order valence-electron chi connectivity index (χ3n) is 5.95. The second-order valence-electron chi connectivity index (χ2n) is 8.18. The summed E-state index contributed by atoms with van der Waals surface area (Å²) in [7, 11) is 0. The second-order valence-corrected chi connectivity index (χ2v) is 8.18. The van der Waals surface area contributed by atoms with Crippen molar-refractivity contribution >= 4 is 11.4 Å². The van der Waals surface area contributed by atoms with Gasteiger partial charge in [-0.2, -0.15) is 5.10 Å². The van der Waals surface area contributed by atoms with E-state index in [4.69, 9.17) is 14.5 Å². The number of nitrogens with zero attached hydrogens (tertiary/aromatic N) is 4. The number of fused-ring (bicyclic) bond motifs is 1. The summed E-state index contributed by atoms with van der Waals surface area (Å²) < 4.78 is 40.9. The van der Waals surface area contributed by atoms with Gasteiger partial charge in [0.25, 0.3) is 5.92 Å². The molecule has 2 fully saturated rings. The Morgan fingerprint density at radius 1 is 1.32 bits per heavy atom. The quantitative estimate of drug-likeness (QED) is 0.533. The van der Waals surface area contributed by atoms with Gasteiger partial charge in [0.1, 0.15) is 23.1 Å². The summed E-state index contributed by atoms with van der Waals surface area (Å²) in [4.78, 5) is 17.6. The molecule has 1 atom stereocenters. The van der Waals surface area contributed by atoms with Crippen molar-refractivity contribution in [3.63, 3.8) is 0 Å². The van der Waals surface area contributed by atoms with E-state index < -0.39 is 12.0 Å². The molecule has 4 heterocycles. The van der Waals surface area contributed by atoms with Crippen molar-refractivity contribution in [3.05, 3.63) is 47.7 Å². The van der Waals surface area contributed by atoms with Crippen molar-refractivity contribution in [1.29, 1.82) is 0 Å². The summed E-state index contributed by atoms with van der Waals surface area (Å²) in [6.07, 6.45) is 7.02. The maximum atomic E-state index is 13.3. The summed E-state index contributed by atoms with van der Waals surface area (Å²) in [5, 5.41) is 4.08. The molecule has 0 radical (unpaired) electrons. The zero-order valence-corrected chi connectivity index (χ0v) is 17.3. The van der Waals surface area contributed by atoms with Crippen molar-refractivity contribution in [2.75, 3.05) is 19.8 Å². The topological polar surface area (TPSA) is 70.7 Å². The van der Waals surface area contributed by atoms with E-state index >= 15 is 0 Å². The van der Waals surface area contributed by atoms with E-state index in [0.29, 0.717) is 23.8 Å². The van der Waals surface area contributed by atoms with Gasteiger partial charge in [0.2, 0.25) is 0 Å². The highest BCUT2D eigenvalue weighted by Gasteiger charge is 2.59. The Bertz CT molecular complexity index is 1120. The molecule has 1 saturated heterocycles. The zero-order valence-electron chi connectivity index (χ0n) is 17.3. The minimum atomic E-state index is -2.73. The van der Waals surface area contributed by atoms with Gasteiger partial charge in [0.05, 0.1) is 12.3 Å². The lowest BCUT2D eigenvalue weighted by atomic mass is 9.97. The smallest absolute Gasteiger partial charge is 0.272 e. The highest BCUT2D eigenvalue weighted by Crippen LogP contribution is 2.52. The Kier molecular flexibility index (Phi) is 5.00. The van der Waals surface area contributed by atoms with E-state index in [1.807, 2.05) is 29.8 Å². The van der Waals surface area contributed by atoms with Crippen LogP contribution in [-0.2, 0) is 11.2 Å². The number of carbonyl (C=O) groups is 1. The summed E-state index contributed by atoms with van der Waals surface area (Å²) >= 11 is 0. The van der Waals surface area contributed by atoms with Crippen molar-refractivity contribution in [3.8, 4) is 5.75 Å². The number of ketones is 1. The van der Waals surface area contributed by atoms with E-state index in [-0.39, 0.29) is 24.3 Å². The van der Waals surface area contributed by atoms with Crippen LogP contribution >= 0.6 is 0 Å². The third-order valence-corrected chi connectivity index (χ3v) is 5.95. The Hall–Kier alpha value is -2.81. The molecule has 1 saturated carbocycles. The molecule has 0 aromatic carbocycles. The van der Waals surface area contributed by atoms with Gasteiger partial charge in [-0.05, 0) is 25.8 Å². The van der Waals surface area contributed by atoms with Gasteiger partial charge in [-0.1, -0.05) is 0 Å². The highest BCUT2D eigenvalue weighted by atomic mass is 19.3. The summed E-state index contributed by atoms with van der Waals surface area (Å²) in [5.74, 6) is -2.02. The number of hydrogen-bond donors (Lipinski definition) is 0. The standard InChI is InChI=1S/C22H24F2N4O3/c1-2-31-19-10-21-25-17(14-4-7-30-8-5-14)13-27(21)12-15(19)9-18(29)16-3-6-28(26-16)20-11-22(20,23)24/h3,6,10,12-14,20H,2,4-5,7-9,11H2,1H3. The Morgan fingerprint density at radius 2 is 2.10 bits per heavy atom. The molecular weight excluding hydrogens is 406 g/mol. The van der Waals surface area contributed by atoms with E-state index in [9.17, 15) is 13.6 Å². The number of Topliss-reactive ketones (excluding diaryl/α,β-unsaturated/α-hetero) is 1. The number of hydrogen-bond acceptors (Lipinski definition) is 5. The first-order valence-electron chi connectivity index (χ1n) is 10.6. The van der Waals surface area contributed by atoms with Crippen LogP contribution in [0, 0.1) is 0 Å². The molecule has 0 spiro atoms. The Balaban J connectivity index is 1.39. The number of aromatic nitrogens is 4. The van der Waals surface area contributed by atoms with Crippen molar-refractivity contribution < 1.29 is 23.0 Å². The molecular formula is C22H24F2N4O3. The van der Waals surface area contributed by atoms with Crippen molar-refractivity contribution in [2.24, 2.45) is 0 Å². The average Bonchev–Trinajstić information content (AvgIpc) is 3.14. The summed E-state index contributed by atoms with van der Waals surface area (Å²) in [6.45, 7) is 3.81. The summed E-state index contributed by atoms with van der Waals surface area (Å²) in [6, 6.07) is 2.40. The molecule has 1 aliphatic carbocycles. The van der Waals surface area contributed by atoms with Crippen molar-refractivity contribution in [2.45, 2.75) is 50.5 Å². The first-order valence-corrected chi connectivity index (χ1v) is 10.6. The molecule has 9 heteroatoms. The van der Waals surface area contributed by atoms with E-state index in [1.54, 1.807) is 0 Å². The van der Waals surface area contributed by atoms with Gasteiger partial charge < -0.3 is 13.9 Å². The molecule has 31 heavy (non-hydrogen) atoms. The molecule has 0 N–H and O–H groups in total. The van der Waals surface area contributed by atoms with Gasteiger partial charge in [0, 0.05) is 62.2 Å². The van der Waals surface area contributed by atoms with Gasteiger partial charge in [-0.15, -0.1) is 0 Å². The van der Waals surface area contributed by atoms with Gasteiger partial charge in [0.15, 0.2) is 5.78 Å². The minimum Gasteiger partial charge on any atom is -0.493 e. The third kappa shape index (κ3) is 3.94. The van der Waals surface area contributed by atoms with Crippen molar-refractivity contribution in [1.82, 2.24) is 19.2 Å². The minimum absolute atomic E-state index is 0.0636. The van der Waals surface area contributed by atoms with Gasteiger partial charge in [-0.25, -0.2) is 13.8 Å². The number of alkyl halides is 2. The number of halogens is 2. The van der Waals surface area contributed by atoms with E-state index in [2.05, 4.69) is 5.10 Å². The number of ether oxygens (including phenoxy) is 2. The van der Waals surface area contributed by atoms with Crippen LogP contribution in [0.2, 0.25) is 0 Å². The lowest BCUT2D eigenvalue weighted by Gasteiger charge is -2.19. The number of pyridine rings is 1. The monoisotopic (exact) mass is 430 g/mol. The maximum Gasteiger partial charge on any atom is 0.272 e. The van der Waals surface area contributed by atoms with Gasteiger partial charge in [-0.3, -0.25) is 9.48 Å². The molecule has 2 aliphatic rings. The molecule has 0 amide bonds. The van der Waals surface area contributed by atoms with Crippen LogP contribution in [0.3, 0.4) is 0 Å². The predicted molar refractivity (Wildman–Crippen MR) is 108 cm³/mol. The molecule has 1 unspecified atom stereocenters. The fraction of sp³-hybridized carbons (Fsp3) is 0.500. The Morgan fingerprint density at radius 3 is 2.81 bits per heavy atom. The lowest BCUT2D eigenvalue weighted by molar-refractivity contribution is 0.0846. The SMILES string of the molecule is CCOc1cc2nc(C3CCOCC3)cn2cc1CC(=O)c1ccn(C2CC2(F)F)n1. The highest BCUT2D eigenvalue weighted by molar-refractivity contribution is 5.96. The van der Waals surface area contributed by atoms with Crippen LogP contribution in [0.15, 0.2) is 30.7 Å². The molecule has 5 rings (SSSR count). The second kappa shape index (κ2) is 7.71. The normalized spacial score (nSPS) is 20.8. The molecule has 1 aliphatic heterocycles. The fourth-order valence-electron chi connectivity index (χ4n) is 4.10. The van der Waals surface area contributed by atoms with E-state index in [0.717, 1.165) is 37.4 Å². The van der Waals surface area contributed by atoms with E-state index in [1.165, 1.54) is 16.9 Å². The lowest BCUT2D eigenvalue weighted by Crippen LogP contribution is -2.14. The summed E-state index contributed by atoms with van der Waals surface area (Å²) in [5.41, 5.74) is 2.67. The van der Waals surface area contributed by atoms with Crippen LogP contribution in [0.5, 0.6) is 5.75 Å². The molecule has 3 aromatic heterocycles. The number of carbonyl (C=O) groups excluding carboxylic acids is 1. The number of rotatable bonds is 7. The maximum absolute atomic E-state index is 13.3. The van der Waals surface area contributed by atoms with Crippen LogP contribution in [0.1, 0.15) is 59.9 Å². The van der Waals surface area contributed by atoms with Crippen LogP contribution < -0.4 is 4.74 Å². The predicted octanol–water partition coefficient (Wildman–Crippen LogP) is 3.83. The fourth-order valence-corrected chi connectivity index (χ4v) is 4.10. The van der Waals surface area contributed by atoms with Crippen LogP contribution in [0.4, 0.5) is 8.78 Å². The zero-order chi connectivity index (χ0) is 21.6. The molecule has 7 nitrogen and oxygen atoms in total. The molecule has 3 aromatic rings.